The van der Waals surface area contributed by atoms with Crippen LogP contribution in [0.15, 0.2) is 47.4 Å². The van der Waals surface area contributed by atoms with Crippen LogP contribution in [0.3, 0.4) is 0 Å². The molecule has 0 bridgehead atoms. The molecule has 34 heavy (non-hydrogen) atoms. The van der Waals surface area contributed by atoms with Crippen molar-refractivity contribution in [2.45, 2.75) is 31.1 Å². The van der Waals surface area contributed by atoms with Crippen molar-refractivity contribution in [2.24, 2.45) is 5.92 Å². The molecular weight excluding hydrogens is 458 g/mol. The second kappa shape index (κ2) is 11.3. The van der Waals surface area contributed by atoms with Gasteiger partial charge in [-0.25, -0.2) is 8.42 Å². The van der Waals surface area contributed by atoms with Gasteiger partial charge in [0.2, 0.25) is 15.9 Å². The Kier molecular flexibility index (Phi) is 8.51. The van der Waals surface area contributed by atoms with E-state index in [1.54, 1.807) is 30.3 Å². The number of anilines is 1. The lowest BCUT2D eigenvalue weighted by Crippen LogP contribution is -2.41. The number of methoxy groups -OCH3 is 2. The summed E-state index contributed by atoms with van der Waals surface area (Å²) >= 11 is 0. The van der Waals surface area contributed by atoms with Crippen molar-refractivity contribution in [2.75, 3.05) is 39.2 Å². The quantitative estimate of drug-likeness (QED) is 0.560. The lowest BCUT2D eigenvalue weighted by Gasteiger charge is -2.30. The summed E-state index contributed by atoms with van der Waals surface area (Å²) in [6, 6.07) is 11.3. The summed E-state index contributed by atoms with van der Waals surface area (Å²) in [5.41, 5.74) is 0.847. The van der Waals surface area contributed by atoms with Crippen molar-refractivity contribution < 1.29 is 27.5 Å². The number of hydrogen-bond donors (Lipinski definition) is 2. The highest BCUT2D eigenvalue weighted by atomic mass is 32.2. The Labute approximate surface area is 200 Å². The molecule has 1 heterocycles. The molecule has 1 aliphatic heterocycles. The molecule has 9 nitrogen and oxygen atoms in total. The van der Waals surface area contributed by atoms with Crippen LogP contribution in [0.1, 0.15) is 36.5 Å². The van der Waals surface area contributed by atoms with E-state index in [9.17, 15) is 18.0 Å². The van der Waals surface area contributed by atoms with Gasteiger partial charge in [0.25, 0.3) is 5.91 Å². The van der Waals surface area contributed by atoms with E-state index in [-0.39, 0.29) is 35.7 Å². The standard InChI is InChI=1S/C24H31N3O6S/c1-4-13-25-24(29)19-7-5-6-8-20(19)26-23(28)17-11-14-27(15-12-17)34(30,31)18-9-10-21(32-2)22(16-18)33-3/h5-10,16-17H,4,11-15H2,1-3H3,(H,25,29)(H,26,28). The highest BCUT2D eigenvalue weighted by Gasteiger charge is 2.33. The highest BCUT2D eigenvalue weighted by Crippen LogP contribution is 2.32. The minimum absolute atomic E-state index is 0.111. The smallest absolute Gasteiger partial charge is 0.253 e. The van der Waals surface area contributed by atoms with Gasteiger partial charge in [-0.2, -0.15) is 4.31 Å². The number of carbonyl (C=O) groups excluding carboxylic acids is 2. The predicted octanol–water partition coefficient (Wildman–Crippen LogP) is 2.88. The summed E-state index contributed by atoms with van der Waals surface area (Å²) < 4.78 is 38.0. The molecule has 3 rings (SSSR count). The number of rotatable bonds is 9. The van der Waals surface area contributed by atoms with E-state index in [1.807, 2.05) is 6.92 Å². The van der Waals surface area contributed by atoms with Gasteiger partial charge in [0.1, 0.15) is 0 Å². The Balaban J connectivity index is 1.65. The summed E-state index contributed by atoms with van der Waals surface area (Å²) in [7, 11) is -0.809. The first kappa shape index (κ1) is 25.5. The van der Waals surface area contributed by atoms with Crippen LogP contribution >= 0.6 is 0 Å². The van der Waals surface area contributed by atoms with Crippen LogP contribution in [-0.2, 0) is 14.8 Å². The second-order valence-corrected chi connectivity index (χ2v) is 9.92. The minimum Gasteiger partial charge on any atom is -0.493 e. The van der Waals surface area contributed by atoms with Crippen LogP contribution in [-0.4, -0.2) is 58.4 Å². The Hall–Kier alpha value is -3.11. The molecule has 2 aromatic carbocycles. The van der Waals surface area contributed by atoms with Crippen molar-refractivity contribution in [3.05, 3.63) is 48.0 Å². The highest BCUT2D eigenvalue weighted by molar-refractivity contribution is 7.89. The first-order chi connectivity index (χ1) is 16.3. The normalized spacial score (nSPS) is 14.9. The Morgan fingerprint density at radius 2 is 1.71 bits per heavy atom. The van der Waals surface area contributed by atoms with Crippen molar-refractivity contribution >= 4 is 27.5 Å². The fraction of sp³-hybridized carbons (Fsp3) is 0.417. The summed E-state index contributed by atoms with van der Waals surface area (Å²) in [6.45, 7) is 2.95. The van der Waals surface area contributed by atoms with Crippen molar-refractivity contribution in [3.63, 3.8) is 0 Å². The van der Waals surface area contributed by atoms with Gasteiger partial charge in [-0.05, 0) is 43.5 Å². The number of nitrogens with zero attached hydrogens (tertiary/aromatic N) is 1. The monoisotopic (exact) mass is 489 g/mol. The largest absolute Gasteiger partial charge is 0.493 e. The molecule has 1 saturated heterocycles. The number of nitrogens with one attached hydrogen (secondary N) is 2. The number of para-hydroxylation sites is 1. The van der Waals surface area contributed by atoms with E-state index >= 15 is 0 Å². The summed E-state index contributed by atoms with van der Waals surface area (Å²) in [6.07, 6.45) is 1.57. The molecule has 0 radical (unpaired) electrons. The van der Waals surface area contributed by atoms with E-state index in [0.717, 1.165) is 6.42 Å². The first-order valence-corrected chi connectivity index (χ1v) is 12.7. The molecule has 0 aromatic heterocycles. The van der Waals surface area contributed by atoms with Gasteiger partial charge >= 0.3 is 0 Å². The number of ether oxygens (including phenoxy) is 2. The maximum atomic E-state index is 13.1. The number of amides is 2. The van der Waals surface area contributed by atoms with E-state index in [4.69, 9.17) is 9.47 Å². The van der Waals surface area contributed by atoms with Gasteiger partial charge in [-0.3, -0.25) is 9.59 Å². The summed E-state index contributed by atoms with van der Waals surface area (Å²) in [5, 5.41) is 5.67. The SMILES string of the molecule is CCCNC(=O)c1ccccc1NC(=O)C1CCN(S(=O)(=O)c2ccc(OC)c(OC)c2)CC1. The molecule has 10 heteroatoms. The van der Waals surface area contributed by atoms with Crippen molar-refractivity contribution in [1.82, 2.24) is 9.62 Å². The third-order valence-electron chi connectivity index (χ3n) is 5.78. The topological polar surface area (TPSA) is 114 Å². The van der Waals surface area contributed by atoms with Crippen LogP contribution in [0.25, 0.3) is 0 Å². The molecule has 1 aliphatic rings. The van der Waals surface area contributed by atoms with Crippen LogP contribution in [0.5, 0.6) is 11.5 Å². The van der Waals surface area contributed by atoms with Crippen LogP contribution in [0, 0.1) is 5.92 Å². The predicted molar refractivity (Wildman–Crippen MR) is 129 cm³/mol. The van der Waals surface area contributed by atoms with E-state index in [0.29, 0.717) is 42.1 Å². The van der Waals surface area contributed by atoms with Crippen molar-refractivity contribution in [1.29, 1.82) is 0 Å². The Morgan fingerprint density at radius 3 is 2.35 bits per heavy atom. The van der Waals surface area contributed by atoms with E-state index < -0.39 is 10.0 Å². The van der Waals surface area contributed by atoms with E-state index in [2.05, 4.69) is 10.6 Å². The van der Waals surface area contributed by atoms with E-state index in [1.165, 1.54) is 30.7 Å². The fourth-order valence-electron chi connectivity index (χ4n) is 3.84. The molecule has 0 aliphatic carbocycles. The molecule has 0 atom stereocenters. The zero-order valence-electron chi connectivity index (χ0n) is 19.7. The van der Waals surface area contributed by atoms with Crippen LogP contribution in [0.4, 0.5) is 5.69 Å². The number of benzene rings is 2. The van der Waals surface area contributed by atoms with Gasteiger partial charge in [0, 0.05) is 31.6 Å². The number of piperidine rings is 1. The third-order valence-corrected chi connectivity index (χ3v) is 7.68. The maximum absolute atomic E-state index is 13.1. The van der Waals surface area contributed by atoms with Crippen molar-refractivity contribution in [3.8, 4) is 11.5 Å². The average Bonchev–Trinajstić information content (AvgIpc) is 2.87. The summed E-state index contributed by atoms with van der Waals surface area (Å²) in [4.78, 5) is 25.4. The average molecular weight is 490 g/mol. The maximum Gasteiger partial charge on any atom is 0.253 e. The third kappa shape index (κ3) is 5.68. The zero-order valence-corrected chi connectivity index (χ0v) is 20.5. The van der Waals surface area contributed by atoms with Gasteiger partial charge in [-0.15, -0.1) is 0 Å². The molecule has 1 fully saturated rings. The lowest BCUT2D eigenvalue weighted by atomic mass is 9.97. The first-order valence-electron chi connectivity index (χ1n) is 11.2. The Bertz CT molecular complexity index is 1130. The molecule has 2 amide bonds. The molecule has 0 spiro atoms. The minimum atomic E-state index is -3.74. The van der Waals surface area contributed by atoms with Gasteiger partial charge < -0.3 is 20.1 Å². The fourth-order valence-corrected chi connectivity index (χ4v) is 5.33. The van der Waals surface area contributed by atoms with Gasteiger partial charge in [0.05, 0.1) is 30.4 Å². The molecular formula is C24H31N3O6S. The number of sulfonamides is 1. The zero-order chi connectivity index (χ0) is 24.7. The van der Waals surface area contributed by atoms with Crippen LogP contribution in [0.2, 0.25) is 0 Å². The molecule has 184 valence electrons. The second-order valence-electron chi connectivity index (χ2n) is 7.99. The number of hydrogen-bond acceptors (Lipinski definition) is 6. The molecule has 0 saturated carbocycles. The molecule has 2 aromatic rings. The Morgan fingerprint density at radius 1 is 1.03 bits per heavy atom. The van der Waals surface area contributed by atoms with Gasteiger partial charge in [-0.1, -0.05) is 19.1 Å². The lowest BCUT2D eigenvalue weighted by molar-refractivity contribution is -0.120. The van der Waals surface area contributed by atoms with Crippen LogP contribution < -0.4 is 20.1 Å². The molecule has 2 N–H and O–H groups in total. The summed E-state index contributed by atoms with van der Waals surface area (Å²) in [5.74, 6) is -0.0453. The number of carbonyl (C=O) groups is 2. The molecule has 0 unspecified atom stereocenters. The van der Waals surface area contributed by atoms with Gasteiger partial charge in [0.15, 0.2) is 11.5 Å².